The molecular weight excluding hydrogens is 381 g/mol. The van der Waals surface area contributed by atoms with Crippen LogP contribution in [0.15, 0.2) is 6.07 Å². The number of hydrogen-bond donors (Lipinski definition) is 2. The molecule has 0 saturated carbocycles. The normalized spacial score (nSPS) is 16.9. The summed E-state index contributed by atoms with van der Waals surface area (Å²) < 4.78 is 39.2. The fraction of sp³-hybridized carbons (Fsp3) is 0.471. The van der Waals surface area contributed by atoms with Gasteiger partial charge in [-0.15, -0.1) is 11.3 Å². The second kappa shape index (κ2) is 6.99. The van der Waals surface area contributed by atoms with E-state index in [2.05, 4.69) is 17.3 Å². The predicted molar refractivity (Wildman–Crippen MR) is 94.6 cm³/mol. The van der Waals surface area contributed by atoms with E-state index in [-0.39, 0.29) is 12.2 Å². The maximum Gasteiger partial charge on any atom is 0.435 e. The highest BCUT2D eigenvalue weighted by Crippen LogP contribution is 2.39. The van der Waals surface area contributed by atoms with Crippen molar-refractivity contribution in [2.45, 2.75) is 45.8 Å². The van der Waals surface area contributed by atoms with E-state index in [0.717, 1.165) is 34.0 Å². The van der Waals surface area contributed by atoms with Crippen LogP contribution < -0.4 is 11.1 Å². The van der Waals surface area contributed by atoms with Gasteiger partial charge in [-0.1, -0.05) is 6.92 Å². The van der Waals surface area contributed by atoms with Crippen molar-refractivity contribution in [1.29, 1.82) is 0 Å². The quantitative estimate of drug-likeness (QED) is 0.826. The second-order valence-corrected chi connectivity index (χ2v) is 7.90. The third-order valence-corrected chi connectivity index (χ3v) is 5.75. The van der Waals surface area contributed by atoms with Crippen LogP contribution >= 0.6 is 11.3 Å². The molecule has 0 saturated heterocycles. The van der Waals surface area contributed by atoms with Gasteiger partial charge in [0.2, 0.25) is 5.91 Å². The van der Waals surface area contributed by atoms with Gasteiger partial charge < -0.3 is 11.1 Å². The molecule has 1 aliphatic rings. The van der Waals surface area contributed by atoms with Gasteiger partial charge in [-0.05, 0) is 43.7 Å². The van der Waals surface area contributed by atoms with Crippen molar-refractivity contribution in [1.82, 2.24) is 9.78 Å². The maximum absolute atomic E-state index is 12.7. The first kappa shape index (κ1) is 19.4. The fourth-order valence-corrected chi connectivity index (χ4v) is 4.64. The fourth-order valence-electron chi connectivity index (χ4n) is 3.21. The molecule has 10 heteroatoms. The number of rotatable bonds is 4. The van der Waals surface area contributed by atoms with Gasteiger partial charge in [-0.3, -0.25) is 14.3 Å². The zero-order chi connectivity index (χ0) is 19.9. The summed E-state index contributed by atoms with van der Waals surface area (Å²) >= 11 is 1.30. The lowest BCUT2D eigenvalue weighted by molar-refractivity contribution is -0.141. The van der Waals surface area contributed by atoms with Crippen LogP contribution in [0.25, 0.3) is 0 Å². The van der Waals surface area contributed by atoms with Crippen molar-refractivity contribution in [3.8, 4) is 0 Å². The van der Waals surface area contributed by atoms with Gasteiger partial charge in [-0.2, -0.15) is 18.3 Å². The number of amides is 2. The Morgan fingerprint density at radius 2 is 2.15 bits per heavy atom. The molecule has 3 N–H and O–H groups in total. The van der Waals surface area contributed by atoms with Crippen molar-refractivity contribution in [3.63, 3.8) is 0 Å². The first-order valence-corrected chi connectivity index (χ1v) is 9.23. The summed E-state index contributed by atoms with van der Waals surface area (Å²) in [7, 11) is 0. The van der Waals surface area contributed by atoms with E-state index in [1.807, 2.05) is 0 Å². The molecule has 3 rings (SSSR count). The van der Waals surface area contributed by atoms with Crippen molar-refractivity contribution >= 4 is 28.2 Å². The van der Waals surface area contributed by atoms with Crippen LogP contribution in [0.1, 0.15) is 45.5 Å². The monoisotopic (exact) mass is 400 g/mol. The van der Waals surface area contributed by atoms with E-state index in [9.17, 15) is 22.8 Å². The molecule has 0 aromatic carbocycles. The minimum atomic E-state index is -4.57. The van der Waals surface area contributed by atoms with E-state index >= 15 is 0 Å². The molecule has 27 heavy (non-hydrogen) atoms. The summed E-state index contributed by atoms with van der Waals surface area (Å²) in [5.41, 5.74) is 5.84. The third kappa shape index (κ3) is 4.00. The van der Waals surface area contributed by atoms with Gasteiger partial charge in [0.25, 0.3) is 5.91 Å². The number of aryl methyl sites for hydroxylation is 1. The molecular formula is C17H19F3N4O2S. The SMILES string of the molecule is Cc1cc(C(F)(F)F)nn1CC(=O)Nc1sc2c(c1C(N)=O)CC[C@H](C)C2. The minimum absolute atomic E-state index is 0.215. The van der Waals surface area contributed by atoms with Crippen molar-refractivity contribution in [2.24, 2.45) is 11.7 Å². The number of carbonyl (C=O) groups is 2. The summed E-state index contributed by atoms with van der Waals surface area (Å²) in [6.45, 7) is 3.16. The molecule has 0 spiro atoms. The number of nitrogens with zero attached hydrogens (tertiary/aromatic N) is 2. The third-order valence-electron chi connectivity index (χ3n) is 4.58. The number of anilines is 1. The molecule has 1 aliphatic carbocycles. The highest BCUT2D eigenvalue weighted by atomic mass is 32.1. The number of aromatic nitrogens is 2. The molecule has 2 amide bonds. The average molecular weight is 400 g/mol. The number of hydrogen-bond acceptors (Lipinski definition) is 4. The van der Waals surface area contributed by atoms with Crippen LogP contribution in [0, 0.1) is 12.8 Å². The summed E-state index contributed by atoms with van der Waals surface area (Å²) in [6, 6.07) is 0.882. The Kier molecular flexibility index (Phi) is 5.02. The predicted octanol–water partition coefficient (Wildman–Crippen LogP) is 3.13. The number of fused-ring (bicyclic) bond motifs is 1. The highest BCUT2D eigenvalue weighted by Gasteiger charge is 2.34. The van der Waals surface area contributed by atoms with Crippen molar-refractivity contribution in [2.75, 3.05) is 5.32 Å². The molecule has 146 valence electrons. The number of alkyl halides is 3. The van der Waals surface area contributed by atoms with E-state index in [4.69, 9.17) is 5.73 Å². The number of primary amides is 1. The number of halogens is 3. The van der Waals surface area contributed by atoms with Gasteiger partial charge in [0, 0.05) is 10.6 Å². The first-order chi connectivity index (χ1) is 12.6. The standard InChI is InChI=1S/C17H19F3N4O2S/c1-8-3-4-10-11(5-8)27-16(14(10)15(21)26)22-13(25)7-24-9(2)6-12(23-24)17(18,19)20/h6,8H,3-5,7H2,1-2H3,(H2,21,26)(H,22,25)/t8-/m0/s1. The van der Waals surface area contributed by atoms with Crippen LogP contribution in [0.5, 0.6) is 0 Å². The van der Waals surface area contributed by atoms with E-state index < -0.39 is 23.7 Å². The first-order valence-electron chi connectivity index (χ1n) is 8.42. The zero-order valence-electron chi connectivity index (χ0n) is 14.8. The van der Waals surface area contributed by atoms with Crippen molar-refractivity contribution < 1.29 is 22.8 Å². The Labute approximate surface area is 157 Å². The van der Waals surface area contributed by atoms with E-state index in [1.165, 1.54) is 18.3 Å². The number of thiophene rings is 1. The summed E-state index contributed by atoms with van der Waals surface area (Å²) in [5, 5.41) is 6.42. The van der Waals surface area contributed by atoms with Crippen LogP contribution in [0.4, 0.5) is 18.2 Å². The zero-order valence-corrected chi connectivity index (χ0v) is 15.6. The topological polar surface area (TPSA) is 90.0 Å². The Balaban J connectivity index is 1.81. The number of nitrogens with two attached hydrogens (primary N) is 1. The van der Waals surface area contributed by atoms with Gasteiger partial charge in [0.1, 0.15) is 11.5 Å². The lowest BCUT2D eigenvalue weighted by Crippen LogP contribution is -2.23. The van der Waals surface area contributed by atoms with E-state index in [0.29, 0.717) is 22.9 Å². The second-order valence-electron chi connectivity index (χ2n) is 6.79. The molecule has 2 aromatic heterocycles. The average Bonchev–Trinajstić information content (AvgIpc) is 3.07. The Hall–Kier alpha value is -2.36. The largest absolute Gasteiger partial charge is 0.435 e. The van der Waals surface area contributed by atoms with Gasteiger partial charge in [-0.25, -0.2) is 0 Å². The highest BCUT2D eigenvalue weighted by molar-refractivity contribution is 7.17. The lowest BCUT2D eigenvalue weighted by Gasteiger charge is -2.18. The van der Waals surface area contributed by atoms with Gasteiger partial charge in [0.05, 0.1) is 5.56 Å². The number of nitrogens with one attached hydrogen (secondary N) is 1. The Morgan fingerprint density at radius 1 is 1.44 bits per heavy atom. The van der Waals surface area contributed by atoms with Crippen LogP contribution in [0.2, 0.25) is 0 Å². The van der Waals surface area contributed by atoms with Crippen LogP contribution in [-0.4, -0.2) is 21.6 Å². The van der Waals surface area contributed by atoms with Crippen molar-refractivity contribution in [3.05, 3.63) is 33.5 Å². The molecule has 2 heterocycles. The molecule has 0 aliphatic heterocycles. The summed E-state index contributed by atoms with van der Waals surface area (Å²) in [6.07, 6.45) is -2.11. The van der Waals surface area contributed by atoms with E-state index in [1.54, 1.807) is 0 Å². The molecule has 2 aromatic rings. The van der Waals surface area contributed by atoms with Crippen LogP contribution in [-0.2, 0) is 30.4 Å². The molecule has 0 radical (unpaired) electrons. The van der Waals surface area contributed by atoms with Gasteiger partial charge in [0.15, 0.2) is 5.69 Å². The molecule has 0 unspecified atom stereocenters. The molecule has 0 fully saturated rings. The Morgan fingerprint density at radius 3 is 2.74 bits per heavy atom. The molecule has 0 bridgehead atoms. The number of carbonyl (C=O) groups excluding carboxylic acids is 2. The minimum Gasteiger partial charge on any atom is -0.365 e. The summed E-state index contributed by atoms with van der Waals surface area (Å²) in [5.74, 6) is -0.705. The lowest BCUT2D eigenvalue weighted by atomic mass is 9.88. The molecule has 1 atom stereocenters. The van der Waals surface area contributed by atoms with Crippen LogP contribution in [0.3, 0.4) is 0 Å². The molecule has 6 nitrogen and oxygen atoms in total. The Bertz CT molecular complexity index is 901. The summed E-state index contributed by atoms with van der Waals surface area (Å²) in [4.78, 5) is 25.2. The van der Waals surface area contributed by atoms with Gasteiger partial charge >= 0.3 is 6.18 Å². The smallest absolute Gasteiger partial charge is 0.365 e. The maximum atomic E-state index is 12.7.